The fraction of sp³-hybridized carbons (Fsp3) is 0.304. The van der Waals surface area contributed by atoms with Crippen LogP contribution in [-0.4, -0.2) is 0 Å². The van der Waals surface area contributed by atoms with Crippen LogP contribution in [0.3, 0.4) is 0 Å². The SMILES string of the molecule is Cc1ccc(C)c(C(/C=C/c2ccc3c(c2)CCC3)=C2CC2)c1. The van der Waals surface area contributed by atoms with Crippen LogP contribution in [0.15, 0.2) is 48.0 Å². The zero-order valence-electron chi connectivity index (χ0n) is 14.2. The smallest absolute Gasteiger partial charge is 0.0153 e. The molecule has 0 bridgehead atoms. The quantitative estimate of drug-likeness (QED) is 0.647. The summed E-state index contributed by atoms with van der Waals surface area (Å²) in [5, 5.41) is 0. The Morgan fingerprint density at radius 3 is 2.52 bits per heavy atom. The Kier molecular flexibility index (Phi) is 3.69. The van der Waals surface area contributed by atoms with Crippen LogP contribution in [0.1, 0.15) is 52.6 Å². The van der Waals surface area contributed by atoms with E-state index >= 15 is 0 Å². The second-order valence-corrected chi connectivity index (χ2v) is 7.05. The van der Waals surface area contributed by atoms with E-state index in [2.05, 4.69) is 62.4 Å². The van der Waals surface area contributed by atoms with Crippen LogP contribution in [0.5, 0.6) is 0 Å². The molecule has 0 N–H and O–H groups in total. The topological polar surface area (TPSA) is 0 Å². The first-order valence-electron chi connectivity index (χ1n) is 8.80. The van der Waals surface area contributed by atoms with Gasteiger partial charge in [-0.2, -0.15) is 0 Å². The Balaban J connectivity index is 1.68. The lowest BCUT2D eigenvalue weighted by molar-refractivity contribution is 0.912. The number of allylic oxidation sites excluding steroid dienone is 3. The van der Waals surface area contributed by atoms with E-state index in [4.69, 9.17) is 0 Å². The van der Waals surface area contributed by atoms with Crippen molar-refractivity contribution in [3.63, 3.8) is 0 Å². The van der Waals surface area contributed by atoms with Crippen molar-refractivity contribution in [3.05, 3.63) is 81.4 Å². The lowest BCUT2D eigenvalue weighted by Crippen LogP contribution is -1.89. The van der Waals surface area contributed by atoms with Gasteiger partial charge in [0, 0.05) is 0 Å². The lowest BCUT2D eigenvalue weighted by Gasteiger charge is -2.09. The maximum Gasteiger partial charge on any atom is -0.0153 e. The van der Waals surface area contributed by atoms with Gasteiger partial charge in [-0.1, -0.05) is 59.7 Å². The highest BCUT2D eigenvalue weighted by Gasteiger charge is 2.18. The summed E-state index contributed by atoms with van der Waals surface area (Å²) < 4.78 is 0. The normalized spacial score (nSPS) is 16.0. The Bertz CT molecular complexity index is 812. The zero-order valence-corrected chi connectivity index (χ0v) is 14.2. The molecular formula is C23H24. The van der Waals surface area contributed by atoms with E-state index in [1.165, 1.54) is 59.9 Å². The van der Waals surface area contributed by atoms with Crippen LogP contribution >= 0.6 is 0 Å². The Morgan fingerprint density at radius 2 is 1.70 bits per heavy atom. The van der Waals surface area contributed by atoms with Crippen molar-refractivity contribution >= 4 is 11.6 Å². The highest BCUT2D eigenvalue weighted by atomic mass is 14.2. The predicted molar refractivity (Wildman–Crippen MR) is 99.6 cm³/mol. The molecule has 2 aliphatic rings. The minimum Gasteiger partial charge on any atom is -0.0617 e. The van der Waals surface area contributed by atoms with Gasteiger partial charge in [-0.05, 0) is 79.3 Å². The first-order chi connectivity index (χ1) is 11.2. The lowest BCUT2D eigenvalue weighted by atomic mass is 9.96. The number of benzene rings is 2. The van der Waals surface area contributed by atoms with Gasteiger partial charge in [0.25, 0.3) is 0 Å². The molecule has 1 saturated carbocycles. The zero-order chi connectivity index (χ0) is 15.8. The molecule has 0 heterocycles. The summed E-state index contributed by atoms with van der Waals surface area (Å²) in [6.45, 7) is 4.41. The maximum absolute atomic E-state index is 2.39. The third-order valence-electron chi connectivity index (χ3n) is 5.13. The minimum atomic E-state index is 1.25. The van der Waals surface area contributed by atoms with Crippen LogP contribution in [0.4, 0.5) is 0 Å². The average molecular weight is 300 g/mol. The predicted octanol–water partition coefficient (Wildman–Crippen LogP) is 6.05. The molecule has 2 aliphatic carbocycles. The van der Waals surface area contributed by atoms with Gasteiger partial charge in [0.1, 0.15) is 0 Å². The first kappa shape index (κ1) is 14.5. The number of hydrogen-bond donors (Lipinski definition) is 0. The summed E-state index contributed by atoms with van der Waals surface area (Å²) in [5.41, 5.74) is 11.6. The number of fused-ring (bicyclic) bond motifs is 1. The first-order valence-corrected chi connectivity index (χ1v) is 8.80. The summed E-state index contributed by atoms with van der Waals surface area (Å²) in [7, 11) is 0. The van der Waals surface area contributed by atoms with E-state index in [1.54, 1.807) is 16.7 Å². The fourth-order valence-electron chi connectivity index (χ4n) is 3.63. The van der Waals surface area contributed by atoms with Gasteiger partial charge in [-0.15, -0.1) is 0 Å². The van der Waals surface area contributed by atoms with Crippen molar-refractivity contribution in [1.29, 1.82) is 0 Å². The van der Waals surface area contributed by atoms with Gasteiger partial charge < -0.3 is 0 Å². The molecule has 0 heteroatoms. The standard InChI is InChI=1S/C23H24/c1-16-6-7-17(2)23(14-16)22(20-11-12-20)13-9-18-8-10-19-4-3-5-21(19)15-18/h6-10,13-15H,3-5,11-12H2,1-2H3/b13-9+. The molecule has 0 saturated heterocycles. The van der Waals surface area contributed by atoms with Crippen LogP contribution < -0.4 is 0 Å². The van der Waals surface area contributed by atoms with Crippen molar-refractivity contribution in [2.24, 2.45) is 0 Å². The second kappa shape index (κ2) is 5.85. The summed E-state index contributed by atoms with van der Waals surface area (Å²) in [6, 6.07) is 13.8. The molecule has 23 heavy (non-hydrogen) atoms. The van der Waals surface area contributed by atoms with E-state index in [0.29, 0.717) is 0 Å². The largest absolute Gasteiger partial charge is 0.0617 e. The monoisotopic (exact) mass is 300 g/mol. The third-order valence-corrected chi connectivity index (χ3v) is 5.13. The van der Waals surface area contributed by atoms with E-state index < -0.39 is 0 Å². The van der Waals surface area contributed by atoms with Gasteiger partial charge in [-0.3, -0.25) is 0 Å². The molecule has 0 amide bonds. The molecule has 2 aromatic rings. The second-order valence-electron chi connectivity index (χ2n) is 7.05. The van der Waals surface area contributed by atoms with Crippen LogP contribution in [0, 0.1) is 13.8 Å². The molecule has 0 nitrogen and oxygen atoms in total. The molecule has 0 aliphatic heterocycles. The van der Waals surface area contributed by atoms with Crippen LogP contribution in [0.2, 0.25) is 0 Å². The van der Waals surface area contributed by atoms with Gasteiger partial charge in [0.15, 0.2) is 0 Å². The maximum atomic E-state index is 2.39. The molecule has 1 fully saturated rings. The Labute approximate surface area is 139 Å². The molecular weight excluding hydrogens is 276 g/mol. The fourth-order valence-corrected chi connectivity index (χ4v) is 3.63. The van der Waals surface area contributed by atoms with E-state index in [0.717, 1.165) is 0 Å². The van der Waals surface area contributed by atoms with Gasteiger partial charge in [0.2, 0.25) is 0 Å². The Morgan fingerprint density at radius 1 is 0.870 bits per heavy atom. The van der Waals surface area contributed by atoms with Crippen molar-refractivity contribution in [3.8, 4) is 0 Å². The van der Waals surface area contributed by atoms with E-state index in [-0.39, 0.29) is 0 Å². The number of aryl methyl sites for hydroxylation is 4. The molecule has 2 aromatic carbocycles. The van der Waals surface area contributed by atoms with Crippen molar-refractivity contribution in [2.75, 3.05) is 0 Å². The molecule has 0 radical (unpaired) electrons. The number of rotatable bonds is 3. The molecule has 0 unspecified atom stereocenters. The van der Waals surface area contributed by atoms with E-state index in [9.17, 15) is 0 Å². The van der Waals surface area contributed by atoms with E-state index in [1.807, 2.05) is 0 Å². The molecule has 4 rings (SSSR count). The van der Waals surface area contributed by atoms with Gasteiger partial charge in [-0.25, -0.2) is 0 Å². The molecule has 0 spiro atoms. The summed E-state index contributed by atoms with van der Waals surface area (Å²) in [6.07, 6.45) is 11.0. The van der Waals surface area contributed by atoms with Crippen molar-refractivity contribution < 1.29 is 0 Å². The van der Waals surface area contributed by atoms with Crippen LogP contribution in [-0.2, 0) is 12.8 Å². The van der Waals surface area contributed by atoms with Crippen LogP contribution in [0.25, 0.3) is 11.6 Å². The highest BCUT2D eigenvalue weighted by molar-refractivity contribution is 5.84. The van der Waals surface area contributed by atoms with Crippen molar-refractivity contribution in [2.45, 2.75) is 46.0 Å². The average Bonchev–Trinajstić information content (AvgIpc) is 3.27. The summed E-state index contributed by atoms with van der Waals surface area (Å²) in [4.78, 5) is 0. The number of hydrogen-bond acceptors (Lipinski definition) is 0. The molecule has 0 aromatic heterocycles. The Hall–Kier alpha value is -2.08. The van der Waals surface area contributed by atoms with Gasteiger partial charge in [0.05, 0.1) is 0 Å². The van der Waals surface area contributed by atoms with Gasteiger partial charge >= 0.3 is 0 Å². The summed E-state index contributed by atoms with van der Waals surface area (Å²) >= 11 is 0. The molecule has 0 atom stereocenters. The van der Waals surface area contributed by atoms with Crippen molar-refractivity contribution in [1.82, 2.24) is 0 Å². The highest BCUT2D eigenvalue weighted by Crippen LogP contribution is 2.38. The minimum absolute atomic E-state index is 1.25. The summed E-state index contributed by atoms with van der Waals surface area (Å²) in [5.74, 6) is 0. The third kappa shape index (κ3) is 3.03. The molecule has 116 valence electrons.